The van der Waals surface area contributed by atoms with Crippen molar-refractivity contribution in [1.29, 1.82) is 5.41 Å². The lowest BCUT2D eigenvalue weighted by Crippen LogP contribution is -2.49. The van der Waals surface area contributed by atoms with Crippen LogP contribution in [0.3, 0.4) is 0 Å². The molecule has 0 saturated carbocycles. The Kier molecular flexibility index (Phi) is 9.01. The molecule has 2 N–H and O–H groups in total. The highest BCUT2D eigenvalue weighted by Gasteiger charge is 2.36. The number of aromatic nitrogens is 1. The van der Waals surface area contributed by atoms with Crippen molar-refractivity contribution in [3.8, 4) is 22.4 Å². The van der Waals surface area contributed by atoms with Gasteiger partial charge in [0.15, 0.2) is 0 Å². The Labute approximate surface area is 249 Å². The number of guanidine groups is 1. The summed E-state index contributed by atoms with van der Waals surface area (Å²) in [6, 6.07) is 23.8. The number of carbonyl (C=O) groups is 1. The van der Waals surface area contributed by atoms with Crippen molar-refractivity contribution in [3.63, 3.8) is 0 Å². The van der Waals surface area contributed by atoms with Crippen LogP contribution >= 0.6 is 23.2 Å². The zero-order valence-corrected chi connectivity index (χ0v) is 24.9. The van der Waals surface area contributed by atoms with E-state index >= 15 is 0 Å². The van der Waals surface area contributed by atoms with Gasteiger partial charge in [0, 0.05) is 39.5 Å². The molecule has 212 valence electrons. The lowest BCUT2D eigenvalue weighted by molar-refractivity contribution is 0.0460. The van der Waals surface area contributed by atoms with Crippen LogP contribution < -0.4 is 5.32 Å². The zero-order valence-electron chi connectivity index (χ0n) is 22.6. The number of halogens is 2. The first-order chi connectivity index (χ1) is 19.4. The van der Waals surface area contributed by atoms with Gasteiger partial charge in [-0.3, -0.25) is 10.4 Å². The molecular weight excluding hydrogens is 583 g/mol. The zero-order chi connectivity index (χ0) is 29.8. The Morgan fingerprint density at radius 1 is 0.951 bits per heavy atom. The molecule has 0 saturated heterocycles. The fourth-order valence-corrected chi connectivity index (χ4v) is 5.51. The molecule has 0 spiro atoms. The fraction of sp³-hybridized carbons (Fsp3) is 0.167. The molecule has 11 heteroatoms. The van der Waals surface area contributed by atoms with E-state index in [2.05, 4.69) is 10.3 Å². The van der Waals surface area contributed by atoms with Gasteiger partial charge >= 0.3 is 6.09 Å². The van der Waals surface area contributed by atoms with Gasteiger partial charge in [0.1, 0.15) is 5.60 Å². The molecule has 0 fully saturated rings. The Morgan fingerprint density at radius 3 is 2.22 bits per heavy atom. The van der Waals surface area contributed by atoms with Gasteiger partial charge < -0.3 is 10.1 Å². The molecule has 8 nitrogen and oxygen atoms in total. The van der Waals surface area contributed by atoms with E-state index in [1.807, 2.05) is 36.4 Å². The minimum atomic E-state index is -4.45. The van der Waals surface area contributed by atoms with Crippen molar-refractivity contribution >= 4 is 45.3 Å². The number of rotatable bonds is 6. The molecule has 0 radical (unpaired) electrons. The third kappa shape index (κ3) is 7.24. The van der Waals surface area contributed by atoms with Gasteiger partial charge in [0.05, 0.1) is 10.6 Å². The van der Waals surface area contributed by atoms with Crippen LogP contribution in [0.5, 0.6) is 0 Å². The number of carbonyl (C=O) groups excluding carboxylic acids is 1. The van der Waals surface area contributed by atoms with Crippen LogP contribution in [-0.4, -0.2) is 35.4 Å². The van der Waals surface area contributed by atoms with Crippen molar-refractivity contribution in [3.05, 3.63) is 107 Å². The highest BCUT2D eigenvalue weighted by Crippen LogP contribution is 2.35. The van der Waals surface area contributed by atoms with Crippen LogP contribution in [0.4, 0.5) is 4.79 Å². The maximum absolute atomic E-state index is 13.4. The molecule has 0 atom stereocenters. The van der Waals surface area contributed by atoms with E-state index in [1.165, 1.54) is 24.3 Å². The summed E-state index contributed by atoms with van der Waals surface area (Å²) >= 11 is 12.6. The number of ether oxygens (including phenoxy) is 1. The number of hydrogen-bond donors (Lipinski definition) is 2. The van der Waals surface area contributed by atoms with Crippen LogP contribution in [-0.2, 0) is 21.3 Å². The molecule has 3 aromatic carbocycles. The van der Waals surface area contributed by atoms with Crippen molar-refractivity contribution in [1.82, 2.24) is 14.6 Å². The number of pyridine rings is 1. The third-order valence-corrected chi connectivity index (χ3v) is 7.99. The first-order valence-electron chi connectivity index (χ1n) is 12.5. The van der Waals surface area contributed by atoms with Gasteiger partial charge in [-0.2, -0.15) is 0 Å². The summed E-state index contributed by atoms with van der Waals surface area (Å²) in [5.74, 6) is -0.677. The topological polar surface area (TPSA) is 112 Å². The number of benzene rings is 3. The summed E-state index contributed by atoms with van der Waals surface area (Å²) in [6.45, 7) is 4.81. The lowest BCUT2D eigenvalue weighted by Gasteiger charge is -2.27. The summed E-state index contributed by atoms with van der Waals surface area (Å²) < 4.78 is 32.5. The van der Waals surface area contributed by atoms with Crippen LogP contribution in [0, 0.1) is 5.41 Å². The van der Waals surface area contributed by atoms with E-state index in [0.29, 0.717) is 25.6 Å². The highest BCUT2D eigenvalue weighted by molar-refractivity contribution is 7.90. The van der Waals surface area contributed by atoms with Crippen LogP contribution in [0.25, 0.3) is 22.4 Å². The summed E-state index contributed by atoms with van der Waals surface area (Å²) in [5, 5.41) is 12.4. The summed E-state index contributed by atoms with van der Waals surface area (Å²) in [7, 11) is -4.45. The molecule has 1 aromatic heterocycles. The average Bonchev–Trinajstić information content (AvgIpc) is 2.92. The van der Waals surface area contributed by atoms with Crippen LogP contribution in [0.15, 0.2) is 96.0 Å². The number of amides is 1. The molecule has 4 aromatic rings. The molecule has 0 unspecified atom stereocenters. The van der Waals surface area contributed by atoms with E-state index < -0.39 is 27.7 Å². The third-order valence-electron chi connectivity index (χ3n) is 5.73. The molecule has 1 amide bonds. The molecule has 41 heavy (non-hydrogen) atoms. The van der Waals surface area contributed by atoms with Gasteiger partial charge in [-0.15, -0.1) is 4.31 Å². The Balaban J connectivity index is 1.68. The molecule has 0 bridgehead atoms. The highest BCUT2D eigenvalue weighted by atomic mass is 35.5. The quantitative estimate of drug-likeness (QED) is 0.174. The van der Waals surface area contributed by atoms with E-state index in [4.69, 9.17) is 33.3 Å². The summed E-state index contributed by atoms with van der Waals surface area (Å²) in [5.41, 5.74) is 2.57. The summed E-state index contributed by atoms with van der Waals surface area (Å²) in [6.07, 6.45) is 0.403. The second-order valence-electron chi connectivity index (χ2n) is 9.99. The minimum Gasteiger partial charge on any atom is -0.443 e. The SMILES string of the molecule is CC(C)(C)OC(=O)N(C(=N)NCc1cnc(-c2ccc(Cl)cc2)c(-c2ccccc2Cl)c1)S(=O)(=O)c1ccccc1. The van der Waals surface area contributed by atoms with Gasteiger partial charge in [-0.05, 0) is 62.7 Å². The van der Waals surface area contributed by atoms with Crippen molar-refractivity contribution in [2.75, 3.05) is 0 Å². The standard InChI is InChI=1S/C30H28Cl2N4O4S/c1-30(2,3)40-29(37)36(41(38,39)23-9-5-4-6-10-23)28(33)35-19-20-17-25(24-11-7-8-12-26(24)32)27(34-18-20)21-13-15-22(31)16-14-21/h4-18H,19H2,1-3H3,(H2,33,35). The number of nitrogens with zero attached hydrogens (tertiary/aromatic N) is 2. The summed E-state index contributed by atoms with van der Waals surface area (Å²) in [4.78, 5) is 17.5. The Bertz CT molecular complexity index is 1670. The van der Waals surface area contributed by atoms with E-state index in [0.717, 1.165) is 16.7 Å². The smallest absolute Gasteiger partial charge is 0.431 e. The average molecular weight is 612 g/mol. The number of nitrogens with one attached hydrogen (secondary N) is 2. The predicted octanol–water partition coefficient (Wildman–Crippen LogP) is 7.37. The maximum Gasteiger partial charge on any atom is 0.431 e. The lowest BCUT2D eigenvalue weighted by atomic mass is 9.98. The molecule has 1 heterocycles. The van der Waals surface area contributed by atoms with Gasteiger partial charge in [0.25, 0.3) is 10.0 Å². The second kappa shape index (κ2) is 12.3. The van der Waals surface area contributed by atoms with Crippen molar-refractivity contribution < 1.29 is 17.9 Å². The maximum atomic E-state index is 13.4. The number of sulfonamides is 1. The molecule has 0 aliphatic heterocycles. The first-order valence-corrected chi connectivity index (χ1v) is 14.7. The molecule has 0 aliphatic carbocycles. The second-order valence-corrected chi connectivity index (χ2v) is 12.6. The van der Waals surface area contributed by atoms with Crippen LogP contribution in [0.1, 0.15) is 26.3 Å². The largest absolute Gasteiger partial charge is 0.443 e. The Hall–Kier alpha value is -3.92. The molecule has 4 rings (SSSR count). The molecular formula is C30H28Cl2N4O4S. The van der Waals surface area contributed by atoms with Gasteiger partial charge in [-0.25, -0.2) is 13.2 Å². The molecule has 0 aliphatic rings. The first kappa shape index (κ1) is 30.0. The Morgan fingerprint density at radius 2 is 1.59 bits per heavy atom. The van der Waals surface area contributed by atoms with E-state index in [-0.39, 0.29) is 11.4 Å². The van der Waals surface area contributed by atoms with E-state index in [1.54, 1.807) is 51.2 Å². The fourth-order valence-electron chi connectivity index (χ4n) is 3.90. The van der Waals surface area contributed by atoms with Gasteiger partial charge in [0.2, 0.25) is 5.96 Å². The minimum absolute atomic E-state index is 0.0200. The van der Waals surface area contributed by atoms with Crippen molar-refractivity contribution in [2.45, 2.75) is 37.8 Å². The number of hydrogen-bond acceptors (Lipinski definition) is 6. The van der Waals surface area contributed by atoms with Gasteiger partial charge in [-0.1, -0.05) is 71.7 Å². The van der Waals surface area contributed by atoms with Crippen LogP contribution in [0.2, 0.25) is 10.0 Å². The van der Waals surface area contributed by atoms with Crippen molar-refractivity contribution in [2.24, 2.45) is 0 Å². The predicted molar refractivity (Wildman–Crippen MR) is 161 cm³/mol. The van der Waals surface area contributed by atoms with E-state index in [9.17, 15) is 13.2 Å². The normalized spacial score (nSPS) is 11.5. The monoisotopic (exact) mass is 610 g/mol.